The lowest BCUT2D eigenvalue weighted by Gasteiger charge is -2.07. The summed E-state index contributed by atoms with van der Waals surface area (Å²) in [6.07, 6.45) is 10.3. The molecule has 0 saturated carbocycles. The zero-order chi connectivity index (χ0) is 15.3. The van der Waals surface area contributed by atoms with Crippen LogP contribution in [0.3, 0.4) is 0 Å². The Bertz CT molecular complexity index is 390. The van der Waals surface area contributed by atoms with E-state index in [1.165, 1.54) is 44.9 Å². The minimum atomic E-state index is -0.287. The molecular formula is C17H28N2O2. The van der Waals surface area contributed by atoms with Gasteiger partial charge in [0.15, 0.2) is 0 Å². The van der Waals surface area contributed by atoms with E-state index in [4.69, 9.17) is 10.6 Å². The SMILES string of the molecule is CCCCCCCCCCOc1ccc(C(=O)NN)cc1. The number of nitrogens with two attached hydrogens (primary N) is 1. The van der Waals surface area contributed by atoms with Crippen LogP contribution in [0.2, 0.25) is 0 Å². The second-order valence-electron chi connectivity index (χ2n) is 5.32. The Hall–Kier alpha value is -1.55. The van der Waals surface area contributed by atoms with Crippen molar-refractivity contribution in [1.29, 1.82) is 0 Å². The zero-order valence-corrected chi connectivity index (χ0v) is 13.1. The lowest BCUT2D eigenvalue weighted by Crippen LogP contribution is -2.29. The Balaban J connectivity index is 2.06. The van der Waals surface area contributed by atoms with Gasteiger partial charge in [0.2, 0.25) is 0 Å². The van der Waals surface area contributed by atoms with E-state index in [1.807, 2.05) is 0 Å². The summed E-state index contributed by atoms with van der Waals surface area (Å²) >= 11 is 0. The molecule has 0 aliphatic rings. The highest BCUT2D eigenvalue weighted by atomic mass is 16.5. The highest BCUT2D eigenvalue weighted by molar-refractivity contribution is 5.93. The topological polar surface area (TPSA) is 64.3 Å². The van der Waals surface area contributed by atoms with Crippen LogP contribution in [0.4, 0.5) is 0 Å². The molecule has 0 unspecified atom stereocenters. The summed E-state index contributed by atoms with van der Waals surface area (Å²) in [5.74, 6) is 5.59. The van der Waals surface area contributed by atoms with Gasteiger partial charge >= 0.3 is 0 Å². The first-order valence-electron chi connectivity index (χ1n) is 8.01. The number of ether oxygens (including phenoxy) is 1. The van der Waals surface area contributed by atoms with E-state index in [-0.39, 0.29) is 5.91 Å². The zero-order valence-electron chi connectivity index (χ0n) is 13.1. The Morgan fingerprint density at radius 2 is 1.57 bits per heavy atom. The van der Waals surface area contributed by atoms with Gasteiger partial charge in [-0.3, -0.25) is 10.2 Å². The van der Waals surface area contributed by atoms with Crippen LogP contribution in [0.1, 0.15) is 68.6 Å². The van der Waals surface area contributed by atoms with Crippen molar-refractivity contribution in [2.45, 2.75) is 58.3 Å². The number of hydrazine groups is 1. The second-order valence-corrected chi connectivity index (χ2v) is 5.32. The van der Waals surface area contributed by atoms with E-state index in [0.29, 0.717) is 5.56 Å². The predicted molar refractivity (Wildman–Crippen MR) is 86.2 cm³/mol. The minimum absolute atomic E-state index is 0.287. The number of hydrogen-bond acceptors (Lipinski definition) is 3. The maximum Gasteiger partial charge on any atom is 0.265 e. The molecule has 1 aromatic carbocycles. The Morgan fingerprint density at radius 3 is 2.14 bits per heavy atom. The fraction of sp³-hybridized carbons (Fsp3) is 0.588. The van der Waals surface area contributed by atoms with Crippen LogP contribution in [0.25, 0.3) is 0 Å². The number of unbranched alkanes of at least 4 members (excludes halogenated alkanes) is 7. The summed E-state index contributed by atoms with van der Waals surface area (Å²) in [5, 5.41) is 0. The van der Waals surface area contributed by atoms with Crippen LogP contribution in [0, 0.1) is 0 Å². The van der Waals surface area contributed by atoms with Crippen molar-refractivity contribution in [2.24, 2.45) is 5.84 Å². The number of amides is 1. The van der Waals surface area contributed by atoms with Crippen LogP contribution in [-0.4, -0.2) is 12.5 Å². The number of hydrogen-bond donors (Lipinski definition) is 2. The van der Waals surface area contributed by atoms with Gasteiger partial charge in [-0.2, -0.15) is 0 Å². The van der Waals surface area contributed by atoms with Crippen molar-refractivity contribution in [3.05, 3.63) is 29.8 Å². The van der Waals surface area contributed by atoms with E-state index >= 15 is 0 Å². The number of benzene rings is 1. The summed E-state index contributed by atoms with van der Waals surface area (Å²) in [4.78, 5) is 11.3. The fourth-order valence-corrected chi connectivity index (χ4v) is 2.21. The molecule has 1 aromatic rings. The molecule has 0 spiro atoms. The predicted octanol–water partition coefficient (Wildman–Crippen LogP) is 3.81. The summed E-state index contributed by atoms with van der Waals surface area (Å²) in [5.41, 5.74) is 2.64. The normalized spacial score (nSPS) is 10.4. The summed E-state index contributed by atoms with van der Waals surface area (Å²) in [6.45, 7) is 2.98. The quantitative estimate of drug-likeness (QED) is 0.282. The first-order valence-corrected chi connectivity index (χ1v) is 8.01. The number of carbonyl (C=O) groups excluding carboxylic acids is 1. The lowest BCUT2D eigenvalue weighted by molar-refractivity contribution is 0.0953. The molecule has 0 atom stereocenters. The second kappa shape index (κ2) is 11.1. The van der Waals surface area contributed by atoms with E-state index < -0.39 is 0 Å². The highest BCUT2D eigenvalue weighted by Gasteiger charge is 2.02. The van der Waals surface area contributed by atoms with Crippen molar-refractivity contribution in [3.8, 4) is 5.75 Å². The van der Waals surface area contributed by atoms with Crippen LogP contribution in [0.5, 0.6) is 5.75 Å². The molecule has 0 bridgehead atoms. The van der Waals surface area contributed by atoms with E-state index in [0.717, 1.165) is 18.8 Å². The van der Waals surface area contributed by atoms with Crippen molar-refractivity contribution >= 4 is 5.91 Å². The Morgan fingerprint density at radius 1 is 1.00 bits per heavy atom. The molecule has 0 aliphatic carbocycles. The maximum absolute atomic E-state index is 11.3. The molecule has 0 radical (unpaired) electrons. The van der Waals surface area contributed by atoms with Gasteiger partial charge < -0.3 is 4.74 Å². The number of nitrogen functional groups attached to an aromatic ring is 1. The fourth-order valence-electron chi connectivity index (χ4n) is 2.21. The van der Waals surface area contributed by atoms with Crippen LogP contribution < -0.4 is 16.0 Å². The molecule has 0 saturated heterocycles. The van der Waals surface area contributed by atoms with Gasteiger partial charge in [-0.25, -0.2) is 5.84 Å². The molecule has 1 amide bonds. The van der Waals surface area contributed by atoms with E-state index in [2.05, 4.69) is 12.3 Å². The smallest absolute Gasteiger partial charge is 0.265 e. The third kappa shape index (κ3) is 7.71. The van der Waals surface area contributed by atoms with Gasteiger partial charge in [-0.05, 0) is 30.7 Å². The summed E-state index contributed by atoms with van der Waals surface area (Å²) in [7, 11) is 0. The van der Waals surface area contributed by atoms with Gasteiger partial charge in [0.25, 0.3) is 5.91 Å². The van der Waals surface area contributed by atoms with Gasteiger partial charge in [-0.15, -0.1) is 0 Å². The molecule has 0 aromatic heterocycles. The van der Waals surface area contributed by atoms with E-state index in [9.17, 15) is 4.79 Å². The van der Waals surface area contributed by atoms with Crippen LogP contribution >= 0.6 is 0 Å². The van der Waals surface area contributed by atoms with Gasteiger partial charge in [-0.1, -0.05) is 51.9 Å². The molecule has 21 heavy (non-hydrogen) atoms. The lowest BCUT2D eigenvalue weighted by atomic mass is 10.1. The monoisotopic (exact) mass is 292 g/mol. The Kier molecular flexibility index (Phi) is 9.29. The van der Waals surface area contributed by atoms with Gasteiger partial charge in [0.1, 0.15) is 5.75 Å². The molecule has 0 aliphatic heterocycles. The van der Waals surface area contributed by atoms with Crippen LogP contribution in [-0.2, 0) is 0 Å². The minimum Gasteiger partial charge on any atom is -0.494 e. The number of nitrogens with one attached hydrogen (secondary N) is 1. The standard InChI is InChI=1S/C17H28N2O2/c1-2-3-4-5-6-7-8-9-14-21-16-12-10-15(11-13-16)17(20)19-18/h10-13H,2-9,14,18H2,1H3,(H,19,20). The molecule has 3 N–H and O–H groups in total. The molecular weight excluding hydrogens is 264 g/mol. The third-order valence-electron chi connectivity index (χ3n) is 3.51. The molecule has 0 fully saturated rings. The molecule has 4 nitrogen and oxygen atoms in total. The first kappa shape index (κ1) is 17.5. The molecule has 0 heterocycles. The van der Waals surface area contributed by atoms with Gasteiger partial charge in [0, 0.05) is 5.56 Å². The Labute approximate surface area is 128 Å². The average Bonchev–Trinajstić information content (AvgIpc) is 2.53. The number of carbonyl (C=O) groups is 1. The first-order chi connectivity index (χ1) is 10.3. The largest absolute Gasteiger partial charge is 0.494 e. The molecule has 4 heteroatoms. The van der Waals surface area contributed by atoms with Crippen molar-refractivity contribution < 1.29 is 9.53 Å². The maximum atomic E-state index is 11.3. The van der Waals surface area contributed by atoms with Crippen molar-refractivity contribution in [1.82, 2.24) is 5.43 Å². The summed E-state index contributed by atoms with van der Waals surface area (Å²) < 4.78 is 5.66. The van der Waals surface area contributed by atoms with Crippen molar-refractivity contribution in [3.63, 3.8) is 0 Å². The molecule has 118 valence electrons. The highest BCUT2D eigenvalue weighted by Crippen LogP contribution is 2.13. The number of rotatable bonds is 11. The van der Waals surface area contributed by atoms with Crippen molar-refractivity contribution in [2.75, 3.05) is 6.61 Å². The van der Waals surface area contributed by atoms with Gasteiger partial charge in [0.05, 0.1) is 6.61 Å². The summed E-state index contributed by atoms with van der Waals surface area (Å²) in [6, 6.07) is 7.03. The third-order valence-corrected chi connectivity index (χ3v) is 3.51. The van der Waals surface area contributed by atoms with E-state index in [1.54, 1.807) is 24.3 Å². The molecule has 1 rings (SSSR count). The van der Waals surface area contributed by atoms with Crippen LogP contribution in [0.15, 0.2) is 24.3 Å². The average molecular weight is 292 g/mol.